The van der Waals surface area contributed by atoms with Gasteiger partial charge in [0, 0.05) is 16.2 Å². The maximum atomic E-state index is 6.27. The summed E-state index contributed by atoms with van der Waals surface area (Å²) in [5.74, 6) is 1.65. The summed E-state index contributed by atoms with van der Waals surface area (Å²) in [4.78, 5) is 1.36. The molecule has 1 aromatic rings. The fourth-order valence-electron chi connectivity index (χ4n) is 2.60. The van der Waals surface area contributed by atoms with Crippen LogP contribution >= 0.6 is 11.8 Å². The second-order valence-electron chi connectivity index (χ2n) is 5.45. The Hall–Kier alpha value is -0.470. The van der Waals surface area contributed by atoms with Crippen LogP contribution in [0.2, 0.25) is 0 Å². The third-order valence-corrected chi connectivity index (χ3v) is 5.25. The van der Waals surface area contributed by atoms with E-state index >= 15 is 0 Å². The Morgan fingerprint density at radius 3 is 2.53 bits per heavy atom. The van der Waals surface area contributed by atoms with E-state index in [1.165, 1.54) is 24.2 Å². The van der Waals surface area contributed by atoms with Crippen LogP contribution in [-0.2, 0) is 0 Å². The molecule has 2 rings (SSSR count). The average Bonchev–Trinajstić information content (AvgIpc) is 2.33. The predicted octanol–water partition coefficient (Wildman–Crippen LogP) is 3.93. The minimum absolute atomic E-state index is 0.371. The molecule has 0 amide bonds. The zero-order chi connectivity index (χ0) is 12.3. The normalized spacial score (nSPS) is 29.5. The smallest absolute Gasteiger partial charge is 0.0249 e. The van der Waals surface area contributed by atoms with Crippen molar-refractivity contribution in [2.75, 3.05) is 0 Å². The Kier molecular flexibility index (Phi) is 4.52. The highest BCUT2D eigenvalue weighted by Gasteiger charge is 2.30. The van der Waals surface area contributed by atoms with Gasteiger partial charge in [0.05, 0.1) is 0 Å². The van der Waals surface area contributed by atoms with Crippen molar-refractivity contribution in [2.24, 2.45) is 17.6 Å². The van der Waals surface area contributed by atoms with Crippen LogP contribution in [0.4, 0.5) is 0 Å². The first-order chi connectivity index (χ1) is 8.16. The molecular formula is C15H23NS. The van der Waals surface area contributed by atoms with Crippen LogP contribution in [0.1, 0.15) is 33.1 Å². The van der Waals surface area contributed by atoms with Crippen molar-refractivity contribution in [1.29, 1.82) is 0 Å². The minimum atomic E-state index is 0.371. The number of rotatable bonds is 3. The molecule has 2 N–H and O–H groups in total. The molecule has 1 fully saturated rings. The van der Waals surface area contributed by atoms with E-state index in [1.54, 1.807) is 0 Å². The summed E-state index contributed by atoms with van der Waals surface area (Å²) >= 11 is 1.97. The Bertz CT molecular complexity index is 336. The van der Waals surface area contributed by atoms with Crippen molar-refractivity contribution in [3.05, 3.63) is 30.3 Å². The Balaban J connectivity index is 1.99. The van der Waals surface area contributed by atoms with Gasteiger partial charge >= 0.3 is 0 Å². The van der Waals surface area contributed by atoms with Gasteiger partial charge in [0.2, 0.25) is 0 Å². The van der Waals surface area contributed by atoms with Gasteiger partial charge in [-0.25, -0.2) is 0 Å². The molecule has 1 aromatic carbocycles. The van der Waals surface area contributed by atoms with Crippen molar-refractivity contribution >= 4 is 11.8 Å². The second kappa shape index (κ2) is 5.92. The largest absolute Gasteiger partial charge is 0.327 e. The molecule has 0 aliphatic heterocycles. The summed E-state index contributed by atoms with van der Waals surface area (Å²) < 4.78 is 0. The molecule has 3 atom stereocenters. The maximum absolute atomic E-state index is 6.27. The molecule has 0 bridgehead atoms. The van der Waals surface area contributed by atoms with Crippen molar-refractivity contribution < 1.29 is 0 Å². The number of hydrogen-bond acceptors (Lipinski definition) is 2. The first-order valence-corrected chi connectivity index (χ1v) is 7.52. The number of hydrogen-bond donors (Lipinski definition) is 1. The van der Waals surface area contributed by atoms with E-state index in [-0.39, 0.29) is 0 Å². The molecule has 1 aliphatic rings. The molecule has 3 unspecified atom stereocenters. The molecule has 94 valence electrons. The Labute approximate surface area is 109 Å². The van der Waals surface area contributed by atoms with E-state index in [0.29, 0.717) is 11.3 Å². The van der Waals surface area contributed by atoms with Crippen LogP contribution in [0.5, 0.6) is 0 Å². The Morgan fingerprint density at radius 2 is 1.88 bits per heavy atom. The van der Waals surface area contributed by atoms with Gasteiger partial charge in [0.15, 0.2) is 0 Å². The van der Waals surface area contributed by atoms with Crippen LogP contribution in [-0.4, -0.2) is 11.3 Å². The lowest BCUT2D eigenvalue weighted by Crippen LogP contribution is -2.39. The predicted molar refractivity (Wildman–Crippen MR) is 76.2 cm³/mol. The lowest BCUT2D eigenvalue weighted by Gasteiger charge is -2.35. The number of thioether (sulfide) groups is 1. The summed E-state index contributed by atoms with van der Waals surface area (Å²) in [7, 11) is 0. The van der Waals surface area contributed by atoms with Crippen LogP contribution in [0.25, 0.3) is 0 Å². The van der Waals surface area contributed by atoms with Gasteiger partial charge in [-0.1, -0.05) is 32.0 Å². The van der Waals surface area contributed by atoms with Gasteiger partial charge in [-0.2, -0.15) is 0 Å². The topological polar surface area (TPSA) is 26.0 Å². The summed E-state index contributed by atoms with van der Waals surface area (Å²) in [6.07, 6.45) is 3.77. The monoisotopic (exact) mass is 249 g/mol. The van der Waals surface area contributed by atoms with Gasteiger partial charge in [0.25, 0.3) is 0 Å². The van der Waals surface area contributed by atoms with E-state index in [2.05, 4.69) is 44.2 Å². The molecule has 0 radical (unpaired) electrons. The van der Waals surface area contributed by atoms with E-state index in [9.17, 15) is 0 Å². The van der Waals surface area contributed by atoms with E-state index < -0.39 is 0 Å². The number of benzene rings is 1. The summed E-state index contributed by atoms with van der Waals surface area (Å²) in [5.41, 5.74) is 6.27. The van der Waals surface area contributed by atoms with Crippen molar-refractivity contribution in [2.45, 2.75) is 49.3 Å². The molecule has 17 heavy (non-hydrogen) atoms. The second-order valence-corrected chi connectivity index (χ2v) is 6.76. The summed E-state index contributed by atoms with van der Waals surface area (Å²) in [6, 6.07) is 11.0. The minimum Gasteiger partial charge on any atom is -0.327 e. The standard InChI is InChI=1S/C15H23NS/c1-11(2)12-8-9-14(16)15(10-12)17-13-6-4-3-5-7-13/h3-7,11-12,14-15H,8-10,16H2,1-2H3. The van der Waals surface area contributed by atoms with Gasteiger partial charge in [-0.15, -0.1) is 11.8 Å². The van der Waals surface area contributed by atoms with Gasteiger partial charge in [-0.05, 0) is 43.2 Å². The van der Waals surface area contributed by atoms with E-state index in [0.717, 1.165) is 11.8 Å². The van der Waals surface area contributed by atoms with Crippen LogP contribution in [0.15, 0.2) is 35.2 Å². The molecule has 1 nitrogen and oxygen atoms in total. The van der Waals surface area contributed by atoms with Crippen LogP contribution in [0, 0.1) is 11.8 Å². The molecule has 2 heteroatoms. The molecule has 0 aromatic heterocycles. The van der Waals surface area contributed by atoms with Gasteiger partial charge in [-0.3, -0.25) is 0 Å². The van der Waals surface area contributed by atoms with E-state index in [4.69, 9.17) is 5.73 Å². The fourth-order valence-corrected chi connectivity index (χ4v) is 3.92. The van der Waals surface area contributed by atoms with Crippen molar-refractivity contribution in [3.63, 3.8) is 0 Å². The fraction of sp³-hybridized carbons (Fsp3) is 0.600. The SMILES string of the molecule is CC(C)C1CCC(N)C(Sc2ccccc2)C1. The highest BCUT2D eigenvalue weighted by atomic mass is 32.2. The molecule has 1 saturated carbocycles. The van der Waals surface area contributed by atoms with E-state index in [1.807, 2.05) is 11.8 Å². The lowest BCUT2D eigenvalue weighted by molar-refractivity contribution is 0.266. The van der Waals surface area contributed by atoms with Gasteiger partial charge < -0.3 is 5.73 Å². The van der Waals surface area contributed by atoms with Gasteiger partial charge in [0.1, 0.15) is 0 Å². The molecule has 0 heterocycles. The third kappa shape index (κ3) is 3.49. The summed E-state index contributed by atoms with van der Waals surface area (Å²) in [5, 5.41) is 0.596. The van der Waals surface area contributed by atoms with Crippen LogP contribution in [0.3, 0.4) is 0 Å². The zero-order valence-corrected chi connectivity index (χ0v) is 11.6. The lowest BCUT2D eigenvalue weighted by atomic mass is 9.79. The quantitative estimate of drug-likeness (QED) is 0.878. The number of nitrogens with two attached hydrogens (primary N) is 1. The first kappa shape index (κ1) is 13.0. The van der Waals surface area contributed by atoms with Crippen molar-refractivity contribution in [1.82, 2.24) is 0 Å². The van der Waals surface area contributed by atoms with Crippen LogP contribution < -0.4 is 5.73 Å². The summed E-state index contributed by atoms with van der Waals surface area (Å²) in [6.45, 7) is 4.68. The first-order valence-electron chi connectivity index (χ1n) is 6.64. The molecular weight excluding hydrogens is 226 g/mol. The molecule has 0 saturated heterocycles. The third-order valence-electron chi connectivity index (χ3n) is 3.86. The maximum Gasteiger partial charge on any atom is 0.0249 e. The van der Waals surface area contributed by atoms with Crippen molar-refractivity contribution in [3.8, 4) is 0 Å². The molecule has 0 spiro atoms. The average molecular weight is 249 g/mol. The highest BCUT2D eigenvalue weighted by Crippen LogP contribution is 2.38. The zero-order valence-electron chi connectivity index (χ0n) is 10.8. The highest BCUT2D eigenvalue weighted by molar-refractivity contribution is 8.00. The molecule has 1 aliphatic carbocycles. The Morgan fingerprint density at radius 1 is 1.18 bits per heavy atom.